The first-order valence-electron chi connectivity index (χ1n) is 7.06. The van der Waals surface area contributed by atoms with Gasteiger partial charge in [0.05, 0.1) is 30.0 Å². The van der Waals surface area contributed by atoms with Crippen LogP contribution >= 0.6 is 23.1 Å². The summed E-state index contributed by atoms with van der Waals surface area (Å²) in [4.78, 5) is 4.42. The zero-order valence-electron chi connectivity index (χ0n) is 12.8. The van der Waals surface area contributed by atoms with Crippen LogP contribution in [0, 0.1) is 20.8 Å². The van der Waals surface area contributed by atoms with Crippen LogP contribution in [0.1, 0.15) is 16.1 Å². The number of fused-ring (bicyclic) bond motifs is 1. The third-order valence-electron chi connectivity index (χ3n) is 3.55. The molecule has 2 heterocycles. The van der Waals surface area contributed by atoms with Gasteiger partial charge in [-0.1, -0.05) is 23.1 Å². The zero-order chi connectivity index (χ0) is 15.7. The van der Waals surface area contributed by atoms with Gasteiger partial charge in [0.1, 0.15) is 5.01 Å². The molecule has 1 N–H and O–H groups in total. The molecular weight excluding hydrogens is 316 g/mol. The van der Waals surface area contributed by atoms with E-state index in [-0.39, 0.29) is 0 Å². The molecule has 0 radical (unpaired) electrons. The van der Waals surface area contributed by atoms with Gasteiger partial charge >= 0.3 is 0 Å². The van der Waals surface area contributed by atoms with Crippen molar-refractivity contribution in [2.75, 3.05) is 5.75 Å². The monoisotopic (exact) mass is 334 g/mol. The molecule has 0 saturated heterocycles. The lowest BCUT2D eigenvalue weighted by Crippen LogP contribution is -2.18. The van der Waals surface area contributed by atoms with Crippen LogP contribution in [0.4, 0.5) is 0 Å². The number of hydrogen-bond donors (Lipinski definition) is 1. The summed E-state index contributed by atoms with van der Waals surface area (Å²) in [5.41, 5.74) is 4.52. The Hall–Kier alpha value is -1.44. The molecule has 5 nitrogen and oxygen atoms in total. The normalized spacial score (nSPS) is 12.9. The summed E-state index contributed by atoms with van der Waals surface area (Å²) >= 11 is 3.10. The Morgan fingerprint density at radius 3 is 2.73 bits per heavy atom. The molecule has 22 heavy (non-hydrogen) atoms. The van der Waals surface area contributed by atoms with Crippen molar-refractivity contribution >= 4 is 34.1 Å². The number of imidazole rings is 1. The molecule has 0 aliphatic carbocycles. The van der Waals surface area contributed by atoms with Crippen LogP contribution in [0.15, 0.2) is 22.8 Å². The van der Waals surface area contributed by atoms with E-state index in [0.29, 0.717) is 12.3 Å². The number of rotatable bonds is 5. The van der Waals surface area contributed by atoms with Crippen LogP contribution in [-0.4, -0.2) is 36.7 Å². The molecule has 1 atom stereocenters. The van der Waals surface area contributed by atoms with Gasteiger partial charge in [0.15, 0.2) is 4.34 Å². The predicted octanol–water partition coefficient (Wildman–Crippen LogP) is 2.97. The van der Waals surface area contributed by atoms with Crippen molar-refractivity contribution in [1.82, 2.24) is 19.7 Å². The van der Waals surface area contributed by atoms with Crippen molar-refractivity contribution < 1.29 is 5.11 Å². The average molecular weight is 334 g/mol. The summed E-state index contributed by atoms with van der Waals surface area (Å²) in [5, 5.41) is 19.2. The third kappa shape index (κ3) is 3.31. The molecule has 0 spiro atoms. The lowest BCUT2D eigenvalue weighted by atomic mass is 10.1. The molecule has 0 amide bonds. The largest absolute Gasteiger partial charge is 0.390 e. The molecule has 2 aromatic heterocycles. The van der Waals surface area contributed by atoms with Gasteiger partial charge in [-0.15, -0.1) is 10.2 Å². The van der Waals surface area contributed by atoms with Crippen LogP contribution in [0.2, 0.25) is 0 Å². The van der Waals surface area contributed by atoms with E-state index in [4.69, 9.17) is 0 Å². The van der Waals surface area contributed by atoms with Crippen molar-refractivity contribution in [2.45, 2.75) is 37.8 Å². The van der Waals surface area contributed by atoms with Crippen molar-refractivity contribution in [2.24, 2.45) is 0 Å². The highest BCUT2D eigenvalue weighted by molar-refractivity contribution is 8.01. The Morgan fingerprint density at radius 2 is 2.00 bits per heavy atom. The topological polar surface area (TPSA) is 63.8 Å². The number of benzene rings is 1. The minimum atomic E-state index is -0.451. The van der Waals surface area contributed by atoms with E-state index in [2.05, 4.69) is 41.2 Å². The molecule has 7 heteroatoms. The Bertz CT molecular complexity index is 796. The highest BCUT2D eigenvalue weighted by atomic mass is 32.2. The van der Waals surface area contributed by atoms with E-state index < -0.39 is 6.10 Å². The first-order chi connectivity index (χ1) is 10.5. The zero-order valence-corrected chi connectivity index (χ0v) is 14.4. The number of aliphatic hydroxyl groups is 1. The summed E-state index contributed by atoms with van der Waals surface area (Å²) < 4.78 is 2.91. The molecular formula is C15H18N4OS2. The van der Waals surface area contributed by atoms with Crippen molar-refractivity contribution in [1.29, 1.82) is 0 Å². The summed E-state index contributed by atoms with van der Waals surface area (Å²) in [6.45, 7) is 6.64. The van der Waals surface area contributed by atoms with Crippen LogP contribution in [0.5, 0.6) is 0 Å². The standard InChI is InChI=1S/C15H18N4OS2/c1-9-4-13-14(5-10(9)2)19(8-16-13)6-12(20)7-21-15-18-17-11(3)22-15/h4-5,8,12,20H,6-7H2,1-3H3. The Kier molecular flexibility index (Phi) is 4.46. The Balaban J connectivity index is 1.68. The summed E-state index contributed by atoms with van der Waals surface area (Å²) in [5.74, 6) is 0.596. The van der Waals surface area contributed by atoms with E-state index in [1.807, 2.05) is 11.5 Å². The Labute approximate surface area is 137 Å². The van der Waals surface area contributed by atoms with E-state index in [9.17, 15) is 5.11 Å². The van der Waals surface area contributed by atoms with E-state index >= 15 is 0 Å². The maximum atomic E-state index is 10.3. The van der Waals surface area contributed by atoms with Crippen LogP contribution < -0.4 is 0 Å². The minimum Gasteiger partial charge on any atom is -0.390 e. The number of aliphatic hydroxyl groups excluding tert-OH is 1. The summed E-state index contributed by atoms with van der Waals surface area (Å²) in [6.07, 6.45) is 1.35. The number of nitrogens with zero attached hydrogens (tertiary/aromatic N) is 4. The minimum absolute atomic E-state index is 0.451. The van der Waals surface area contributed by atoms with Crippen molar-refractivity contribution in [3.63, 3.8) is 0 Å². The summed E-state index contributed by atoms with van der Waals surface area (Å²) in [7, 11) is 0. The molecule has 1 unspecified atom stereocenters. The van der Waals surface area contributed by atoms with Gasteiger partial charge < -0.3 is 9.67 Å². The second-order valence-electron chi connectivity index (χ2n) is 5.37. The van der Waals surface area contributed by atoms with Gasteiger partial charge in [0.2, 0.25) is 0 Å². The van der Waals surface area contributed by atoms with Gasteiger partial charge in [-0.05, 0) is 44.0 Å². The quantitative estimate of drug-likeness (QED) is 0.727. The maximum absolute atomic E-state index is 10.3. The van der Waals surface area contributed by atoms with Crippen LogP contribution in [0.25, 0.3) is 11.0 Å². The first-order valence-corrected chi connectivity index (χ1v) is 8.86. The average Bonchev–Trinajstić information content (AvgIpc) is 3.05. The Morgan fingerprint density at radius 1 is 1.23 bits per heavy atom. The third-order valence-corrected chi connectivity index (χ3v) is 5.67. The molecule has 1 aromatic carbocycles. The fourth-order valence-electron chi connectivity index (χ4n) is 2.24. The van der Waals surface area contributed by atoms with E-state index in [0.717, 1.165) is 20.4 Å². The summed E-state index contributed by atoms with van der Waals surface area (Å²) in [6, 6.07) is 4.22. The first kappa shape index (κ1) is 15.5. The molecule has 0 bridgehead atoms. The van der Waals surface area contributed by atoms with Gasteiger partial charge in [0.25, 0.3) is 0 Å². The lowest BCUT2D eigenvalue weighted by Gasteiger charge is -2.11. The molecule has 3 rings (SSSR count). The second kappa shape index (κ2) is 6.36. The number of aromatic nitrogens is 4. The number of hydrogen-bond acceptors (Lipinski definition) is 6. The van der Waals surface area contributed by atoms with E-state index in [1.165, 1.54) is 11.1 Å². The second-order valence-corrected chi connectivity index (χ2v) is 7.82. The molecule has 0 fully saturated rings. The molecule has 116 valence electrons. The lowest BCUT2D eigenvalue weighted by molar-refractivity contribution is 0.179. The highest BCUT2D eigenvalue weighted by Gasteiger charge is 2.11. The van der Waals surface area contributed by atoms with Gasteiger partial charge in [0, 0.05) is 5.75 Å². The number of aryl methyl sites for hydroxylation is 3. The predicted molar refractivity (Wildman–Crippen MR) is 90.6 cm³/mol. The maximum Gasteiger partial charge on any atom is 0.174 e. The van der Waals surface area contributed by atoms with Crippen LogP contribution in [0.3, 0.4) is 0 Å². The SMILES string of the molecule is Cc1nnc(SCC(O)Cn2cnc3cc(C)c(C)cc32)s1. The smallest absolute Gasteiger partial charge is 0.174 e. The molecule has 0 saturated carbocycles. The number of thioether (sulfide) groups is 1. The van der Waals surface area contributed by atoms with Gasteiger partial charge in [-0.3, -0.25) is 0 Å². The van der Waals surface area contributed by atoms with Crippen molar-refractivity contribution in [3.05, 3.63) is 34.6 Å². The fourth-order valence-corrected chi connectivity index (χ4v) is 4.00. The van der Waals surface area contributed by atoms with Crippen molar-refractivity contribution in [3.8, 4) is 0 Å². The molecule has 3 aromatic rings. The van der Waals surface area contributed by atoms with Crippen LogP contribution in [-0.2, 0) is 6.54 Å². The van der Waals surface area contributed by atoms with Gasteiger partial charge in [-0.2, -0.15) is 0 Å². The van der Waals surface area contributed by atoms with E-state index in [1.54, 1.807) is 29.4 Å². The highest BCUT2D eigenvalue weighted by Crippen LogP contribution is 2.23. The van der Waals surface area contributed by atoms with Gasteiger partial charge in [-0.25, -0.2) is 4.98 Å². The molecule has 0 aliphatic heterocycles. The fraction of sp³-hybridized carbons (Fsp3) is 0.400. The molecule has 0 aliphatic rings.